The van der Waals surface area contributed by atoms with Gasteiger partial charge in [0.05, 0.1) is 33.4 Å². The Hall–Kier alpha value is -2.96. The number of aryl methyl sites for hydroxylation is 1. The molecule has 0 aliphatic rings. The third-order valence-electron chi connectivity index (χ3n) is 3.98. The number of hydrogen-bond acceptors (Lipinski definition) is 7. The lowest BCUT2D eigenvalue weighted by Crippen LogP contribution is -2.33. The van der Waals surface area contributed by atoms with E-state index < -0.39 is 4.92 Å². The Balaban J connectivity index is 1.73. The first-order chi connectivity index (χ1) is 13.5. The summed E-state index contributed by atoms with van der Waals surface area (Å²) in [6.45, 7) is 2.30. The van der Waals surface area contributed by atoms with Gasteiger partial charge in [0.15, 0.2) is 4.34 Å². The molecule has 142 valence electrons. The highest BCUT2D eigenvalue weighted by Crippen LogP contribution is 2.32. The van der Waals surface area contributed by atoms with E-state index in [0.717, 1.165) is 11.3 Å². The third-order valence-corrected chi connectivity index (χ3v) is 6.12. The molecule has 1 aromatic heterocycles. The quantitative estimate of drug-likeness (QED) is 0.320. The summed E-state index contributed by atoms with van der Waals surface area (Å²) in [5.74, 6) is 0.0515. The predicted octanol–water partition coefficient (Wildman–Crippen LogP) is 4.55. The number of thioether (sulfide) groups is 1. The van der Waals surface area contributed by atoms with Gasteiger partial charge in [-0.1, -0.05) is 29.5 Å². The molecule has 0 saturated carbocycles. The fourth-order valence-corrected chi connectivity index (χ4v) is 4.53. The van der Waals surface area contributed by atoms with E-state index in [1.807, 2.05) is 31.2 Å². The molecular weight excluding hydrogens is 396 g/mol. The molecule has 0 saturated heterocycles. The van der Waals surface area contributed by atoms with Crippen molar-refractivity contribution < 1.29 is 9.72 Å². The molecule has 0 bridgehead atoms. The first kappa shape index (κ1) is 19.8. The van der Waals surface area contributed by atoms with Crippen LogP contribution in [-0.2, 0) is 4.79 Å². The number of nitriles is 1. The van der Waals surface area contributed by atoms with E-state index in [2.05, 4.69) is 11.1 Å². The van der Waals surface area contributed by atoms with Gasteiger partial charge in [-0.25, -0.2) is 4.98 Å². The van der Waals surface area contributed by atoms with Crippen LogP contribution >= 0.6 is 23.1 Å². The Bertz CT molecular complexity index is 1060. The van der Waals surface area contributed by atoms with E-state index >= 15 is 0 Å². The van der Waals surface area contributed by atoms with E-state index in [9.17, 15) is 14.9 Å². The number of rotatable bonds is 7. The largest absolute Gasteiger partial charge is 0.311 e. The van der Waals surface area contributed by atoms with Crippen molar-refractivity contribution >= 4 is 50.6 Å². The number of hydrogen-bond donors (Lipinski definition) is 0. The van der Waals surface area contributed by atoms with Gasteiger partial charge >= 0.3 is 0 Å². The maximum absolute atomic E-state index is 12.7. The number of amides is 1. The molecule has 3 rings (SSSR count). The second kappa shape index (κ2) is 8.82. The molecule has 28 heavy (non-hydrogen) atoms. The van der Waals surface area contributed by atoms with Crippen LogP contribution < -0.4 is 4.90 Å². The van der Waals surface area contributed by atoms with Gasteiger partial charge in [-0.3, -0.25) is 14.9 Å². The van der Waals surface area contributed by atoms with E-state index in [-0.39, 0.29) is 23.8 Å². The number of carbonyl (C=O) groups excluding carboxylic acids is 1. The molecular formula is C19H16N4O3S2. The van der Waals surface area contributed by atoms with Gasteiger partial charge in [0, 0.05) is 24.4 Å². The van der Waals surface area contributed by atoms with Crippen molar-refractivity contribution in [1.29, 1.82) is 5.26 Å². The van der Waals surface area contributed by atoms with Crippen molar-refractivity contribution in [3.8, 4) is 6.07 Å². The van der Waals surface area contributed by atoms with Crippen LogP contribution in [0.5, 0.6) is 0 Å². The Morgan fingerprint density at radius 1 is 1.32 bits per heavy atom. The molecule has 0 N–H and O–H groups in total. The van der Waals surface area contributed by atoms with Gasteiger partial charge in [0.2, 0.25) is 5.91 Å². The van der Waals surface area contributed by atoms with Crippen LogP contribution in [0.2, 0.25) is 0 Å². The number of nitrogens with zero attached hydrogens (tertiary/aromatic N) is 4. The Labute approximate surface area is 169 Å². The number of nitro groups is 1. The van der Waals surface area contributed by atoms with Crippen LogP contribution in [0, 0.1) is 28.4 Å². The second-order valence-corrected chi connectivity index (χ2v) is 8.22. The number of fused-ring (bicyclic) bond motifs is 1. The highest BCUT2D eigenvalue weighted by atomic mass is 32.2. The summed E-state index contributed by atoms with van der Waals surface area (Å²) in [4.78, 5) is 29.2. The van der Waals surface area contributed by atoms with Gasteiger partial charge in [0.1, 0.15) is 0 Å². The van der Waals surface area contributed by atoms with E-state index in [0.29, 0.717) is 21.1 Å². The maximum atomic E-state index is 12.7. The van der Waals surface area contributed by atoms with Crippen molar-refractivity contribution in [3.05, 3.63) is 58.1 Å². The van der Waals surface area contributed by atoms with Gasteiger partial charge in [-0.2, -0.15) is 5.26 Å². The molecule has 3 aromatic rings. The number of carbonyl (C=O) groups is 1. The lowest BCUT2D eigenvalue weighted by atomic mass is 10.2. The summed E-state index contributed by atoms with van der Waals surface area (Å²) in [5.41, 5.74) is 2.54. The van der Waals surface area contributed by atoms with Crippen LogP contribution in [0.1, 0.15) is 12.0 Å². The zero-order valence-corrected chi connectivity index (χ0v) is 16.6. The van der Waals surface area contributed by atoms with E-state index in [4.69, 9.17) is 5.26 Å². The molecule has 0 aliphatic heterocycles. The normalized spacial score (nSPS) is 10.6. The Kier molecular flexibility index (Phi) is 6.23. The SMILES string of the molecule is Cc1ccc(N(CCC#N)C(=O)CSc2nc3ccc([N+](=O)[O-])cc3s2)cc1. The van der Waals surface area contributed by atoms with Crippen molar-refractivity contribution in [3.63, 3.8) is 0 Å². The van der Waals surface area contributed by atoms with Crippen molar-refractivity contribution in [2.45, 2.75) is 17.7 Å². The fourth-order valence-electron chi connectivity index (χ4n) is 2.55. The molecule has 1 amide bonds. The smallest absolute Gasteiger partial charge is 0.270 e. The van der Waals surface area contributed by atoms with E-state index in [1.165, 1.54) is 35.2 Å². The number of aromatic nitrogens is 1. The molecule has 0 fully saturated rings. The van der Waals surface area contributed by atoms with Crippen molar-refractivity contribution in [2.24, 2.45) is 0 Å². The van der Waals surface area contributed by atoms with Gasteiger partial charge < -0.3 is 4.90 Å². The van der Waals surface area contributed by atoms with Crippen LogP contribution in [0.4, 0.5) is 11.4 Å². The van der Waals surface area contributed by atoms with E-state index in [1.54, 1.807) is 11.0 Å². The van der Waals surface area contributed by atoms with Gasteiger partial charge in [-0.15, -0.1) is 11.3 Å². The first-order valence-corrected chi connectivity index (χ1v) is 10.2. The molecule has 2 aromatic carbocycles. The summed E-state index contributed by atoms with van der Waals surface area (Å²) < 4.78 is 1.39. The molecule has 7 nitrogen and oxygen atoms in total. The highest BCUT2D eigenvalue weighted by molar-refractivity contribution is 8.01. The lowest BCUT2D eigenvalue weighted by molar-refractivity contribution is -0.384. The molecule has 1 heterocycles. The Morgan fingerprint density at radius 2 is 2.07 bits per heavy atom. The number of non-ortho nitro benzene ring substituents is 1. The van der Waals surface area contributed by atoms with Crippen LogP contribution in [-0.4, -0.2) is 28.1 Å². The second-order valence-electron chi connectivity index (χ2n) is 5.97. The number of benzene rings is 2. The molecule has 0 atom stereocenters. The highest BCUT2D eigenvalue weighted by Gasteiger charge is 2.17. The van der Waals surface area contributed by atoms with Gasteiger partial charge in [0.25, 0.3) is 5.69 Å². The molecule has 0 spiro atoms. The third kappa shape index (κ3) is 4.65. The predicted molar refractivity (Wildman–Crippen MR) is 111 cm³/mol. The monoisotopic (exact) mass is 412 g/mol. The number of anilines is 1. The van der Waals surface area contributed by atoms with Crippen LogP contribution in [0.25, 0.3) is 10.2 Å². The average molecular weight is 412 g/mol. The van der Waals surface area contributed by atoms with Crippen molar-refractivity contribution in [1.82, 2.24) is 4.98 Å². The zero-order valence-electron chi connectivity index (χ0n) is 15.0. The Morgan fingerprint density at radius 3 is 2.75 bits per heavy atom. The van der Waals surface area contributed by atoms with Crippen LogP contribution in [0.3, 0.4) is 0 Å². The summed E-state index contributed by atoms with van der Waals surface area (Å²) in [6, 6.07) is 14.2. The summed E-state index contributed by atoms with van der Waals surface area (Å²) >= 11 is 2.61. The van der Waals surface area contributed by atoms with Gasteiger partial charge in [-0.05, 0) is 25.1 Å². The zero-order chi connectivity index (χ0) is 20.1. The molecule has 0 radical (unpaired) electrons. The standard InChI is InChI=1S/C19H16N4O3S2/c1-13-3-5-14(6-4-13)22(10-2-9-20)18(24)12-27-19-21-16-8-7-15(23(25)26)11-17(16)28-19/h3-8,11H,2,10,12H2,1H3. The molecule has 9 heteroatoms. The maximum Gasteiger partial charge on any atom is 0.270 e. The average Bonchev–Trinajstić information content (AvgIpc) is 3.10. The molecule has 0 unspecified atom stereocenters. The van der Waals surface area contributed by atoms with Crippen LogP contribution in [0.15, 0.2) is 46.8 Å². The minimum atomic E-state index is -0.440. The minimum Gasteiger partial charge on any atom is -0.311 e. The fraction of sp³-hybridized carbons (Fsp3) is 0.211. The summed E-state index contributed by atoms with van der Waals surface area (Å²) in [6.07, 6.45) is 0.245. The first-order valence-electron chi connectivity index (χ1n) is 8.39. The number of nitro benzene ring substituents is 1. The summed E-state index contributed by atoms with van der Waals surface area (Å²) in [7, 11) is 0. The summed E-state index contributed by atoms with van der Waals surface area (Å²) in [5, 5.41) is 19.8. The van der Waals surface area contributed by atoms with Crippen molar-refractivity contribution in [2.75, 3.05) is 17.2 Å². The minimum absolute atomic E-state index is 0.0193. The number of thiazole rings is 1. The topological polar surface area (TPSA) is 100 Å². The molecule has 0 aliphatic carbocycles. The lowest BCUT2D eigenvalue weighted by Gasteiger charge is -2.21.